The summed E-state index contributed by atoms with van der Waals surface area (Å²) >= 11 is 1.35. The molecule has 88 valence electrons. The molecule has 6 nitrogen and oxygen atoms in total. The lowest BCUT2D eigenvalue weighted by Gasteiger charge is -2.02. The van der Waals surface area contributed by atoms with Crippen LogP contribution < -0.4 is 17.0 Å². The maximum atomic E-state index is 11.2. The molecule has 0 radical (unpaired) electrons. The average molecular weight is 249 g/mol. The Hall–Kier alpha value is -2.02. The molecule has 0 aromatic carbocycles. The van der Waals surface area contributed by atoms with Crippen molar-refractivity contribution in [1.29, 1.82) is 0 Å². The smallest absolute Gasteiger partial charge is 0.253 e. The Morgan fingerprint density at radius 3 is 2.88 bits per heavy atom. The first-order chi connectivity index (χ1) is 8.13. The molecule has 7 heteroatoms. The van der Waals surface area contributed by atoms with Crippen molar-refractivity contribution >= 4 is 23.3 Å². The topological polar surface area (TPSA) is 111 Å². The van der Waals surface area contributed by atoms with Crippen LogP contribution in [0.25, 0.3) is 0 Å². The predicted octanol–water partition coefficient (Wildman–Crippen LogP) is 0.622. The number of rotatable bonds is 3. The Morgan fingerprint density at radius 1 is 1.35 bits per heavy atom. The molecule has 0 aliphatic rings. The van der Waals surface area contributed by atoms with Gasteiger partial charge in [0.25, 0.3) is 5.56 Å². The van der Waals surface area contributed by atoms with E-state index in [1.807, 2.05) is 0 Å². The lowest BCUT2D eigenvalue weighted by Crippen LogP contribution is -2.09. The van der Waals surface area contributed by atoms with Crippen LogP contribution in [0, 0.1) is 0 Å². The van der Waals surface area contributed by atoms with E-state index in [-0.39, 0.29) is 11.4 Å². The highest BCUT2D eigenvalue weighted by molar-refractivity contribution is 7.98. The molecule has 0 aliphatic heterocycles. The van der Waals surface area contributed by atoms with Gasteiger partial charge in [0.2, 0.25) is 0 Å². The lowest BCUT2D eigenvalue weighted by molar-refractivity contribution is 0.943. The minimum atomic E-state index is -0.263. The van der Waals surface area contributed by atoms with E-state index in [9.17, 15) is 4.79 Å². The SMILES string of the molecule is Nc1ccnc(CSc2nc(N)cc(=O)[nH]2)c1. The Bertz CT molecular complexity index is 583. The molecule has 0 fully saturated rings. The van der Waals surface area contributed by atoms with Crippen LogP contribution in [0.3, 0.4) is 0 Å². The normalized spacial score (nSPS) is 10.4. The van der Waals surface area contributed by atoms with Gasteiger partial charge in [-0.1, -0.05) is 11.8 Å². The predicted molar refractivity (Wildman–Crippen MR) is 67.5 cm³/mol. The van der Waals surface area contributed by atoms with Crippen LogP contribution in [0.1, 0.15) is 5.69 Å². The third-order valence-electron chi connectivity index (χ3n) is 1.94. The summed E-state index contributed by atoms with van der Waals surface area (Å²) in [6.45, 7) is 0. The first kappa shape index (κ1) is 11.5. The van der Waals surface area contributed by atoms with Gasteiger partial charge in [-0.05, 0) is 12.1 Å². The molecule has 0 saturated carbocycles. The number of H-pyrrole nitrogens is 1. The molecule has 17 heavy (non-hydrogen) atoms. The number of aromatic nitrogens is 3. The molecule has 0 bridgehead atoms. The van der Waals surface area contributed by atoms with Crippen molar-refractivity contribution in [3.05, 3.63) is 40.4 Å². The van der Waals surface area contributed by atoms with Crippen molar-refractivity contribution in [3.8, 4) is 0 Å². The van der Waals surface area contributed by atoms with E-state index in [0.717, 1.165) is 5.69 Å². The Morgan fingerprint density at radius 2 is 2.18 bits per heavy atom. The van der Waals surface area contributed by atoms with Gasteiger partial charge in [0.05, 0.1) is 5.69 Å². The van der Waals surface area contributed by atoms with Gasteiger partial charge in [0.15, 0.2) is 5.16 Å². The lowest BCUT2D eigenvalue weighted by atomic mass is 10.3. The van der Waals surface area contributed by atoms with Crippen LogP contribution in [0.15, 0.2) is 34.3 Å². The van der Waals surface area contributed by atoms with Crippen molar-refractivity contribution in [2.24, 2.45) is 0 Å². The Labute approximate surface area is 101 Å². The van der Waals surface area contributed by atoms with E-state index in [1.54, 1.807) is 18.3 Å². The number of thioether (sulfide) groups is 1. The molecule has 2 rings (SSSR count). The number of anilines is 2. The van der Waals surface area contributed by atoms with Crippen LogP contribution in [-0.2, 0) is 5.75 Å². The van der Waals surface area contributed by atoms with Gasteiger partial charge in [-0.3, -0.25) is 9.78 Å². The maximum absolute atomic E-state index is 11.2. The van der Waals surface area contributed by atoms with Gasteiger partial charge in [-0.2, -0.15) is 0 Å². The number of nitrogens with two attached hydrogens (primary N) is 2. The summed E-state index contributed by atoms with van der Waals surface area (Å²) in [5.41, 5.74) is 12.3. The van der Waals surface area contributed by atoms with Gasteiger partial charge >= 0.3 is 0 Å². The van der Waals surface area contributed by atoms with E-state index < -0.39 is 0 Å². The summed E-state index contributed by atoms with van der Waals surface area (Å²) in [6.07, 6.45) is 1.64. The molecule has 0 spiro atoms. The van der Waals surface area contributed by atoms with Gasteiger partial charge in [0, 0.05) is 23.7 Å². The number of nitrogen functional groups attached to an aromatic ring is 2. The number of nitrogens with zero attached hydrogens (tertiary/aromatic N) is 2. The van der Waals surface area contributed by atoms with Crippen LogP contribution in [0.5, 0.6) is 0 Å². The van der Waals surface area contributed by atoms with E-state index in [0.29, 0.717) is 16.6 Å². The van der Waals surface area contributed by atoms with E-state index in [1.165, 1.54) is 17.8 Å². The van der Waals surface area contributed by atoms with Gasteiger partial charge < -0.3 is 16.5 Å². The number of hydrogen-bond acceptors (Lipinski definition) is 6. The maximum Gasteiger partial charge on any atom is 0.253 e. The van der Waals surface area contributed by atoms with E-state index in [4.69, 9.17) is 11.5 Å². The average Bonchev–Trinajstić information content (AvgIpc) is 2.25. The molecular formula is C10H11N5OS. The van der Waals surface area contributed by atoms with Crippen molar-refractivity contribution < 1.29 is 0 Å². The van der Waals surface area contributed by atoms with Crippen LogP contribution >= 0.6 is 11.8 Å². The fourth-order valence-corrected chi connectivity index (χ4v) is 2.02. The van der Waals surface area contributed by atoms with Crippen molar-refractivity contribution in [1.82, 2.24) is 15.0 Å². The van der Waals surface area contributed by atoms with Gasteiger partial charge in [-0.15, -0.1) is 0 Å². The number of hydrogen-bond donors (Lipinski definition) is 3. The number of aromatic amines is 1. The summed E-state index contributed by atoms with van der Waals surface area (Å²) in [5, 5.41) is 0.472. The van der Waals surface area contributed by atoms with Crippen molar-refractivity contribution in [2.45, 2.75) is 10.9 Å². The highest BCUT2D eigenvalue weighted by atomic mass is 32.2. The Kier molecular flexibility index (Phi) is 3.29. The monoisotopic (exact) mass is 249 g/mol. The largest absolute Gasteiger partial charge is 0.399 e. The minimum absolute atomic E-state index is 0.205. The molecule has 2 aromatic rings. The summed E-state index contributed by atoms with van der Waals surface area (Å²) < 4.78 is 0. The third-order valence-corrected chi connectivity index (χ3v) is 2.84. The first-order valence-corrected chi connectivity index (χ1v) is 5.82. The highest BCUT2D eigenvalue weighted by Crippen LogP contribution is 2.18. The molecule has 0 atom stereocenters. The summed E-state index contributed by atoms with van der Waals surface area (Å²) in [5.74, 6) is 0.772. The van der Waals surface area contributed by atoms with E-state index >= 15 is 0 Å². The summed E-state index contributed by atoms with van der Waals surface area (Å²) in [6, 6.07) is 4.73. The minimum Gasteiger partial charge on any atom is -0.399 e. The molecule has 0 aliphatic carbocycles. The third kappa shape index (κ3) is 3.22. The van der Waals surface area contributed by atoms with Crippen LogP contribution in [-0.4, -0.2) is 15.0 Å². The van der Waals surface area contributed by atoms with Crippen LogP contribution in [0.2, 0.25) is 0 Å². The van der Waals surface area contributed by atoms with Crippen LogP contribution in [0.4, 0.5) is 11.5 Å². The molecule has 5 N–H and O–H groups in total. The second kappa shape index (κ2) is 4.88. The van der Waals surface area contributed by atoms with Gasteiger partial charge in [0.1, 0.15) is 5.82 Å². The fraction of sp³-hybridized carbons (Fsp3) is 0.100. The Balaban J connectivity index is 2.09. The number of nitrogens with one attached hydrogen (secondary N) is 1. The zero-order valence-electron chi connectivity index (χ0n) is 8.88. The highest BCUT2D eigenvalue weighted by Gasteiger charge is 2.01. The quantitative estimate of drug-likeness (QED) is 0.543. The molecule has 2 aromatic heterocycles. The fourth-order valence-electron chi connectivity index (χ4n) is 1.24. The van der Waals surface area contributed by atoms with Crippen molar-refractivity contribution in [3.63, 3.8) is 0 Å². The van der Waals surface area contributed by atoms with Crippen molar-refractivity contribution in [2.75, 3.05) is 11.5 Å². The number of pyridine rings is 1. The standard InChI is InChI=1S/C10H11N5OS/c11-6-1-2-13-7(3-6)5-17-10-14-8(12)4-9(16)15-10/h1-4H,5H2,(H2,11,13)(H3,12,14,15,16). The zero-order chi connectivity index (χ0) is 12.3. The summed E-state index contributed by atoms with van der Waals surface area (Å²) in [4.78, 5) is 21.9. The molecule has 2 heterocycles. The second-order valence-electron chi connectivity index (χ2n) is 3.34. The molecular weight excluding hydrogens is 238 g/mol. The van der Waals surface area contributed by atoms with Gasteiger partial charge in [-0.25, -0.2) is 4.98 Å². The molecule has 0 amide bonds. The second-order valence-corrected chi connectivity index (χ2v) is 4.31. The van der Waals surface area contributed by atoms with E-state index in [2.05, 4.69) is 15.0 Å². The molecule has 0 saturated heterocycles. The first-order valence-electron chi connectivity index (χ1n) is 4.83. The molecule has 0 unspecified atom stereocenters. The summed E-state index contributed by atoms with van der Waals surface area (Å²) in [7, 11) is 0. The zero-order valence-corrected chi connectivity index (χ0v) is 9.70.